The number of hydrogen-bond acceptors (Lipinski definition) is 4. The molecule has 3 rings (SSSR count). The van der Waals surface area contributed by atoms with Crippen LogP contribution in [-0.4, -0.2) is 31.6 Å². The zero-order valence-corrected chi connectivity index (χ0v) is 16.0. The van der Waals surface area contributed by atoms with Crippen LogP contribution < -0.4 is 16.4 Å². The Morgan fingerprint density at radius 1 is 1.15 bits per heavy atom. The number of nitrogens with one attached hydrogen (secondary N) is 2. The van der Waals surface area contributed by atoms with E-state index in [4.69, 9.17) is 10.5 Å². The molecule has 1 aliphatic carbocycles. The molecule has 1 heterocycles. The summed E-state index contributed by atoms with van der Waals surface area (Å²) < 4.78 is 5.37. The minimum atomic E-state index is -0.523. The molecule has 6 nitrogen and oxygen atoms in total. The number of amides is 2. The number of anilines is 1. The molecule has 0 bridgehead atoms. The van der Waals surface area contributed by atoms with Crippen LogP contribution >= 0.6 is 0 Å². The topological polar surface area (TPSA) is 93.5 Å². The van der Waals surface area contributed by atoms with Gasteiger partial charge in [0.1, 0.15) is 0 Å². The van der Waals surface area contributed by atoms with Crippen molar-refractivity contribution in [3.63, 3.8) is 0 Å². The third-order valence-corrected chi connectivity index (χ3v) is 5.95. The number of rotatable bonds is 6. The number of carbonyl (C=O) groups is 2. The van der Waals surface area contributed by atoms with Crippen molar-refractivity contribution in [2.24, 2.45) is 17.1 Å². The molecule has 2 amide bonds. The van der Waals surface area contributed by atoms with E-state index in [0.717, 1.165) is 36.9 Å². The minimum absolute atomic E-state index is 0.00931. The Morgan fingerprint density at radius 3 is 2.59 bits per heavy atom. The van der Waals surface area contributed by atoms with Crippen molar-refractivity contribution < 1.29 is 14.3 Å². The Balaban J connectivity index is 1.55. The molecule has 0 spiro atoms. The summed E-state index contributed by atoms with van der Waals surface area (Å²) in [6, 6.07) is 7.69. The SMILES string of the molecule is NCC1(C(=O)NCc2cccc(NC(=O)C3CCCCC3)c2)CCOCC1. The molecule has 27 heavy (non-hydrogen) atoms. The van der Waals surface area contributed by atoms with Crippen LogP contribution in [0.25, 0.3) is 0 Å². The fourth-order valence-corrected chi connectivity index (χ4v) is 4.02. The second-order valence-electron chi connectivity index (χ2n) is 7.80. The van der Waals surface area contributed by atoms with Gasteiger partial charge in [-0.25, -0.2) is 0 Å². The van der Waals surface area contributed by atoms with Crippen LogP contribution in [0.1, 0.15) is 50.5 Å². The van der Waals surface area contributed by atoms with E-state index in [1.807, 2.05) is 24.3 Å². The summed E-state index contributed by atoms with van der Waals surface area (Å²) in [5.74, 6) is 0.227. The molecular weight excluding hydrogens is 342 g/mol. The summed E-state index contributed by atoms with van der Waals surface area (Å²) in [6.45, 7) is 1.91. The first-order valence-corrected chi connectivity index (χ1v) is 10.1. The molecule has 1 aromatic rings. The molecule has 2 aliphatic rings. The molecule has 0 radical (unpaired) electrons. The van der Waals surface area contributed by atoms with Gasteiger partial charge >= 0.3 is 0 Å². The van der Waals surface area contributed by atoms with Gasteiger partial charge in [-0.15, -0.1) is 0 Å². The van der Waals surface area contributed by atoms with Gasteiger partial charge in [-0.1, -0.05) is 31.4 Å². The number of ether oxygens (including phenoxy) is 1. The summed E-state index contributed by atoms with van der Waals surface area (Å²) in [6.07, 6.45) is 6.78. The Morgan fingerprint density at radius 2 is 1.89 bits per heavy atom. The van der Waals surface area contributed by atoms with Crippen molar-refractivity contribution in [3.8, 4) is 0 Å². The van der Waals surface area contributed by atoms with Gasteiger partial charge in [0.25, 0.3) is 0 Å². The molecular formula is C21H31N3O3. The highest BCUT2D eigenvalue weighted by molar-refractivity contribution is 5.92. The van der Waals surface area contributed by atoms with E-state index in [0.29, 0.717) is 39.1 Å². The van der Waals surface area contributed by atoms with Crippen LogP contribution in [-0.2, 0) is 20.9 Å². The van der Waals surface area contributed by atoms with Crippen LogP contribution in [0.3, 0.4) is 0 Å². The molecule has 1 saturated carbocycles. The molecule has 6 heteroatoms. The third-order valence-electron chi connectivity index (χ3n) is 5.95. The van der Waals surface area contributed by atoms with E-state index < -0.39 is 5.41 Å². The van der Waals surface area contributed by atoms with Gasteiger partial charge in [-0.05, 0) is 43.4 Å². The van der Waals surface area contributed by atoms with Crippen LogP contribution in [0, 0.1) is 11.3 Å². The second-order valence-corrected chi connectivity index (χ2v) is 7.80. The first-order chi connectivity index (χ1) is 13.1. The standard InChI is InChI=1S/C21H31N3O3/c22-15-21(9-11-27-12-10-21)20(26)23-14-16-5-4-8-18(13-16)24-19(25)17-6-2-1-3-7-17/h4-5,8,13,17H,1-3,6-7,9-12,14-15,22H2,(H,23,26)(H,24,25). The number of nitrogens with two attached hydrogens (primary N) is 1. The number of hydrogen-bond donors (Lipinski definition) is 3. The van der Waals surface area contributed by atoms with E-state index in [1.165, 1.54) is 6.42 Å². The first-order valence-electron chi connectivity index (χ1n) is 10.1. The highest BCUT2D eigenvalue weighted by Crippen LogP contribution is 2.29. The average Bonchev–Trinajstić information content (AvgIpc) is 2.73. The van der Waals surface area contributed by atoms with E-state index in [1.54, 1.807) is 0 Å². The zero-order chi connectivity index (χ0) is 19.1. The highest BCUT2D eigenvalue weighted by Gasteiger charge is 2.38. The van der Waals surface area contributed by atoms with Crippen molar-refractivity contribution in [2.75, 3.05) is 25.1 Å². The van der Waals surface area contributed by atoms with Crippen LogP contribution in [0.15, 0.2) is 24.3 Å². The maximum absolute atomic E-state index is 12.7. The van der Waals surface area contributed by atoms with Crippen LogP contribution in [0.4, 0.5) is 5.69 Å². The van der Waals surface area contributed by atoms with Gasteiger partial charge in [0, 0.05) is 37.9 Å². The molecule has 1 saturated heterocycles. The molecule has 4 N–H and O–H groups in total. The van der Waals surface area contributed by atoms with Crippen LogP contribution in [0.2, 0.25) is 0 Å². The van der Waals surface area contributed by atoms with Crippen LogP contribution in [0.5, 0.6) is 0 Å². The quantitative estimate of drug-likeness (QED) is 0.714. The Labute approximate surface area is 161 Å². The van der Waals surface area contributed by atoms with Gasteiger partial charge in [-0.3, -0.25) is 9.59 Å². The number of benzene rings is 1. The van der Waals surface area contributed by atoms with Gasteiger partial charge in [0.15, 0.2) is 0 Å². The van der Waals surface area contributed by atoms with E-state index in [-0.39, 0.29) is 17.7 Å². The van der Waals surface area contributed by atoms with Crippen molar-refractivity contribution in [1.29, 1.82) is 0 Å². The van der Waals surface area contributed by atoms with E-state index >= 15 is 0 Å². The fourth-order valence-electron chi connectivity index (χ4n) is 4.02. The highest BCUT2D eigenvalue weighted by atomic mass is 16.5. The lowest BCUT2D eigenvalue weighted by atomic mass is 9.79. The molecule has 1 aromatic carbocycles. The van der Waals surface area contributed by atoms with Crippen molar-refractivity contribution >= 4 is 17.5 Å². The molecule has 148 valence electrons. The largest absolute Gasteiger partial charge is 0.381 e. The summed E-state index contributed by atoms with van der Waals surface area (Å²) in [5, 5.41) is 6.05. The summed E-state index contributed by atoms with van der Waals surface area (Å²) in [5.41, 5.74) is 7.12. The minimum Gasteiger partial charge on any atom is -0.381 e. The fraction of sp³-hybridized carbons (Fsp3) is 0.619. The third kappa shape index (κ3) is 5.08. The maximum atomic E-state index is 12.7. The van der Waals surface area contributed by atoms with Crippen molar-refractivity contribution in [2.45, 2.75) is 51.5 Å². The summed E-state index contributed by atoms with van der Waals surface area (Å²) in [4.78, 5) is 25.1. The molecule has 1 aliphatic heterocycles. The predicted molar refractivity (Wildman–Crippen MR) is 105 cm³/mol. The lowest BCUT2D eigenvalue weighted by Gasteiger charge is -2.34. The average molecular weight is 373 g/mol. The van der Waals surface area contributed by atoms with Gasteiger partial charge < -0.3 is 21.1 Å². The predicted octanol–water partition coefficient (Wildman–Crippen LogP) is 2.58. The first kappa shape index (κ1) is 19.8. The van der Waals surface area contributed by atoms with E-state index in [9.17, 15) is 9.59 Å². The number of carbonyl (C=O) groups excluding carboxylic acids is 2. The zero-order valence-electron chi connectivity index (χ0n) is 16.0. The van der Waals surface area contributed by atoms with Gasteiger partial charge in [0.2, 0.25) is 11.8 Å². The maximum Gasteiger partial charge on any atom is 0.227 e. The van der Waals surface area contributed by atoms with E-state index in [2.05, 4.69) is 10.6 Å². The Hall–Kier alpha value is -1.92. The summed E-state index contributed by atoms with van der Waals surface area (Å²) in [7, 11) is 0. The lowest BCUT2D eigenvalue weighted by Crippen LogP contribution is -2.48. The normalized spacial score (nSPS) is 20.0. The molecule has 0 aromatic heterocycles. The molecule has 2 fully saturated rings. The van der Waals surface area contributed by atoms with Gasteiger partial charge in [0.05, 0.1) is 5.41 Å². The van der Waals surface area contributed by atoms with Crippen molar-refractivity contribution in [1.82, 2.24) is 5.32 Å². The smallest absolute Gasteiger partial charge is 0.227 e. The molecule has 0 atom stereocenters. The van der Waals surface area contributed by atoms with Crippen molar-refractivity contribution in [3.05, 3.63) is 29.8 Å². The Bertz CT molecular complexity index is 650. The second kappa shape index (κ2) is 9.33. The Kier molecular flexibility index (Phi) is 6.85. The molecule has 0 unspecified atom stereocenters. The summed E-state index contributed by atoms with van der Waals surface area (Å²) >= 11 is 0. The van der Waals surface area contributed by atoms with Gasteiger partial charge in [-0.2, -0.15) is 0 Å². The monoisotopic (exact) mass is 373 g/mol. The lowest BCUT2D eigenvalue weighted by molar-refractivity contribution is -0.136.